The Balaban J connectivity index is 2.11. The Labute approximate surface area is 86.0 Å². The molecule has 0 saturated carbocycles. The van der Waals surface area contributed by atoms with E-state index in [4.69, 9.17) is 0 Å². The van der Waals surface area contributed by atoms with Gasteiger partial charge >= 0.3 is 0 Å². The van der Waals surface area contributed by atoms with Crippen LogP contribution in [0.4, 0.5) is 0 Å². The molecule has 1 rings (SSSR count). The van der Waals surface area contributed by atoms with Crippen LogP contribution >= 0.6 is 0 Å². The van der Waals surface area contributed by atoms with Crippen LogP contribution in [0.15, 0.2) is 11.6 Å². The molecule has 3 heteroatoms. The minimum Gasteiger partial charge on any atom is -0.358 e. The van der Waals surface area contributed by atoms with E-state index in [1.165, 1.54) is 19.3 Å². The van der Waals surface area contributed by atoms with Crippen LogP contribution in [0.5, 0.6) is 0 Å². The highest BCUT2D eigenvalue weighted by Crippen LogP contribution is 2.19. The number of allylic oxidation sites excluding steroid dienone is 1. The van der Waals surface area contributed by atoms with Gasteiger partial charge in [-0.25, -0.2) is 0 Å². The zero-order chi connectivity index (χ0) is 10.4. The van der Waals surface area contributed by atoms with Crippen LogP contribution in [0.25, 0.3) is 0 Å². The molecule has 0 aliphatic heterocycles. The van der Waals surface area contributed by atoms with Crippen LogP contribution in [0.1, 0.15) is 32.6 Å². The summed E-state index contributed by atoms with van der Waals surface area (Å²) in [4.78, 5) is 11.2. The summed E-state index contributed by atoms with van der Waals surface area (Å²) in [6, 6.07) is -0.0815. The first-order valence-electron chi connectivity index (χ1n) is 5.37. The Kier molecular flexibility index (Phi) is 4.66. The fourth-order valence-electron chi connectivity index (χ4n) is 1.72. The van der Waals surface area contributed by atoms with E-state index in [0.717, 1.165) is 13.0 Å². The van der Waals surface area contributed by atoms with Crippen LogP contribution in [-0.2, 0) is 4.79 Å². The summed E-state index contributed by atoms with van der Waals surface area (Å²) in [5, 5.41) is 5.83. The highest BCUT2D eigenvalue weighted by Gasteiger charge is 2.10. The van der Waals surface area contributed by atoms with E-state index in [0.29, 0.717) is 0 Å². The number of carbonyl (C=O) groups excluding carboxylic acids is 1. The van der Waals surface area contributed by atoms with Crippen LogP contribution in [0.3, 0.4) is 0 Å². The number of hydrogen-bond acceptors (Lipinski definition) is 2. The maximum atomic E-state index is 11.2. The maximum absolute atomic E-state index is 11.2. The molecule has 0 bridgehead atoms. The highest BCUT2D eigenvalue weighted by molar-refractivity contribution is 5.80. The zero-order valence-corrected chi connectivity index (χ0v) is 9.10. The summed E-state index contributed by atoms with van der Waals surface area (Å²) in [7, 11) is 1.67. The smallest absolute Gasteiger partial charge is 0.236 e. The highest BCUT2D eigenvalue weighted by atomic mass is 16.2. The molecule has 0 spiro atoms. The molecule has 1 atom stereocenters. The SMILES string of the molecule is CNC(=O)C(C)NCCC1=CCCC1. The van der Waals surface area contributed by atoms with Crippen molar-refractivity contribution in [1.82, 2.24) is 10.6 Å². The molecule has 1 aliphatic rings. The second kappa shape index (κ2) is 5.81. The van der Waals surface area contributed by atoms with Gasteiger partial charge in [0.25, 0.3) is 0 Å². The van der Waals surface area contributed by atoms with E-state index < -0.39 is 0 Å². The lowest BCUT2D eigenvalue weighted by molar-refractivity contribution is -0.122. The summed E-state index contributed by atoms with van der Waals surface area (Å²) in [5.74, 6) is 0.0606. The second-order valence-electron chi connectivity index (χ2n) is 3.79. The Morgan fingerprint density at radius 2 is 2.43 bits per heavy atom. The van der Waals surface area contributed by atoms with Gasteiger partial charge in [-0.15, -0.1) is 0 Å². The number of carbonyl (C=O) groups is 1. The molecule has 0 fully saturated rings. The van der Waals surface area contributed by atoms with Gasteiger partial charge in [-0.2, -0.15) is 0 Å². The molecule has 0 radical (unpaired) electrons. The van der Waals surface area contributed by atoms with E-state index in [9.17, 15) is 4.79 Å². The van der Waals surface area contributed by atoms with Gasteiger partial charge in [0.15, 0.2) is 0 Å². The van der Waals surface area contributed by atoms with Crippen molar-refractivity contribution in [3.63, 3.8) is 0 Å². The maximum Gasteiger partial charge on any atom is 0.236 e. The summed E-state index contributed by atoms with van der Waals surface area (Å²) >= 11 is 0. The first-order chi connectivity index (χ1) is 6.74. The van der Waals surface area contributed by atoms with E-state index >= 15 is 0 Å². The minimum absolute atomic E-state index is 0.0606. The molecule has 0 saturated heterocycles. The molecule has 0 aromatic heterocycles. The number of likely N-dealkylation sites (N-methyl/N-ethyl adjacent to an activating group) is 1. The van der Waals surface area contributed by atoms with Crippen LogP contribution in [0.2, 0.25) is 0 Å². The van der Waals surface area contributed by atoms with Crippen molar-refractivity contribution in [2.75, 3.05) is 13.6 Å². The first-order valence-corrected chi connectivity index (χ1v) is 5.37. The number of rotatable bonds is 5. The minimum atomic E-state index is -0.0815. The van der Waals surface area contributed by atoms with Crippen molar-refractivity contribution in [2.24, 2.45) is 0 Å². The molecule has 1 unspecified atom stereocenters. The standard InChI is InChI=1S/C11H20N2O/c1-9(11(14)12-2)13-8-7-10-5-3-4-6-10/h5,9,13H,3-4,6-8H2,1-2H3,(H,12,14). The Morgan fingerprint density at radius 3 is 3.00 bits per heavy atom. The summed E-state index contributed by atoms with van der Waals surface area (Å²) in [6.45, 7) is 2.79. The molecular formula is C11H20N2O. The molecule has 1 aliphatic carbocycles. The normalized spacial score (nSPS) is 17.7. The van der Waals surface area contributed by atoms with E-state index in [1.807, 2.05) is 6.92 Å². The van der Waals surface area contributed by atoms with Gasteiger partial charge in [-0.05, 0) is 39.2 Å². The fraction of sp³-hybridized carbons (Fsp3) is 0.727. The van der Waals surface area contributed by atoms with Crippen molar-refractivity contribution in [1.29, 1.82) is 0 Å². The van der Waals surface area contributed by atoms with Gasteiger partial charge < -0.3 is 10.6 Å². The Hall–Kier alpha value is -0.830. The average molecular weight is 196 g/mol. The molecular weight excluding hydrogens is 176 g/mol. The summed E-state index contributed by atoms with van der Waals surface area (Å²) in [5.41, 5.74) is 1.54. The lowest BCUT2D eigenvalue weighted by Crippen LogP contribution is -2.40. The predicted octanol–water partition coefficient (Wildman–Crippen LogP) is 1.21. The number of amides is 1. The number of hydrogen-bond donors (Lipinski definition) is 2. The van der Waals surface area contributed by atoms with Gasteiger partial charge in [0, 0.05) is 7.05 Å². The lowest BCUT2D eigenvalue weighted by Gasteiger charge is -2.12. The molecule has 2 N–H and O–H groups in total. The summed E-state index contributed by atoms with van der Waals surface area (Å²) < 4.78 is 0. The van der Waals surface area contributed by atoms with Crippen LogP contribution in [-0.4, -0.2) is 25.5 Å². The van der Waals surface area contributed by atoms with E-state index in [2.05, 4.69) is 16.7 Å². The third kappa shape index (κ3) is 3.50. The van der Waals surface area contributed by atoms with Crippen molar-refractivity contribution in [3.05, 3.63) is 11.6 Å². The molecule has 80 valence electrons. The molecule has 0 aromatic rings. The lowest BCUT2D eigenvalue weighted by atomic mass is 10.1. The monoisotopic (exact) mass is 196 g/mol. The molecule has 1 amide bonds. The summed E-state index contributed by atoms with van der Waals surface area (Å²) in [6.07, 6.45) is 7.20. The molecule has 0 aromatic carbocycles. The van der Waals surface area contributed by atoms with E-state index in [1.54, 1.807) is 12.6 Å². The van der Waals surface area contributed by atoms with Crippen molar-refractivity contribution in [2.45, 2.75) is 38.6 Å². The Morgan fingerprint density at radius 1 is 1.64 bits per heavy atom. The van der Waals surface area contributed by atoms with Gasteiger partial charge in [0.1, 0.15) is 0 Å². The Bertz CT molecular complexity index is 223. The van der Waals surface area contributed by atoms with E-state index in [-0.39, 0.29) is 11.9 Å². The molecule has 14 heavy (non-hydrogen) atoms. The van der Waals surface area contributed by atoms with Crippen molar-refractivity contribution in [3.8, 4) is 0 Å². The van der Waals surface area contributed by atoms with Gasteiger partial charge in [0.2, 0.25) is 5.91 Å². The van der Waals surface area contributed by atoms with Gasteiger partial charge in [0.05, 0.1) is 6.04 Å². The van der Waals surface area contributed by atoms with Gasteiger partial charge in [-0.1, -0.05) is 11.6 Å². The van der Waals surface area contributed by atoms with Crippen LogP contribution in [0, 0.1) is 0 Å². The predicted molar refractivity (Wildman–Crippen MR) is 58.1 cm³/mol. The molecule has 0 heterocycles. The van der Waals surface area contributed by atoms with Crippen molar-refractivity contribution >= 4 is 5.91 Å². The van der Waals surface area contributed by atoms with Gasteiger partial charge in [-0.3, -0.25) is 4.79 Å². The largest absolute Gasteiger partial charge is 0.358 e. The fourth-order valence-corrected chi connectivity index (χ4v) is 1.72. The third-order valence-electron chi connectivity index (χ3n) is 2.67. The van der Waals surface area contributed by atoms with Crippen molar-refractivity contribution < 1.29 is 4.79 Å². The van der Waals surface area contributed by atoms with Crippen LogP contribution < -0.4 is 10.6 Å². The quantitative estimate of drug-likeness (QED) is 0.649. The second-order valence-corrected chi connectivity index (χ2v) is 3.79. The number of nitrogens with one attached hydrogen (secondary N) is 2. The topological polar surface area (TPSA) is 41.1 Å². The average Bonchev–Trinajstić information content (AvgIpc) is 2.69. The third-order valence-corrected chi connectivity index (χ3v) is 2.67. The molecule has 3 nitrogen and oxygen atoms in total. The zero-order valence-electron chi connectivity index (χ0n) is 9.10. The first kappa shape index (κ1) is 11.2.